The molecule has 6 heteroatoms. The van der Waals surface area contributed by atoms with Gasteiger partial charge in [-0.25, -0.2) is 4.21 Å². The van der Waals surface area contributed by atoms with E-state index < -0.39 is 14.7 Å². The van der Waals surface area contributed by atoms with E-state index in [1.54, 1.807) is 32.0 Å². The van der Waals surface area contributed by atoms with Crippen LogP contribution in [0.25, 0.3) is 0 Å². The highest BCUT2D eigenvalue weighted by molar-refractivity contribution is 7.94. The molecular formula is C17H20N2O3S. The fraction of sp³-hybridized carbons (Fsp3) is 0.294. The zero-order chi connectivity index (χ0) is 17.2. The van der Waals surface area contributed by atoms with Crippen LogP contribution in [-0.2, 0) is 9.73 Å². The normalized spacial score (nSPS) is 13.6. The Kier molecular flexibility index (Phi) is 4.85. The Labute approximate surface area is 136 Å². The van der Waals surface area contributed by atoms with E-state index >= 15 is 0 Å². The molecule has 5 nitrogen and oxygen atoms in total. The molecule has 23 heavy (non-hydrogen) atoms. The lowest BCUT2D eigenvalue weighted by molar-refractivity contribution is -0.385. The first-order chi connectivity index (χ1) is 10.8. The van der Waals surface area contributed by atoms with Gasteiger partial charge in [0.1, 0.15) is 0 Å². The number of benzene rings is 2. The summed E-state index contributed by atoms with van der Waals surface area (Å²) >= 11 is 0. The van der Waals surface area contributed by atoms with E-state index in [1.165, 1.54) is 6.07 Å². The van der Waals surface area contributed by atoms with Gasteiger partial charge in [0.15, 0.2) is 0 Å². The quantitative estimate of drug-likeness (QED) is 0.597. The number of nitro groups is 1. The molecule has 0 radical (unpaired) electrons. The zero-order valence-corrected chi connectivity index (χ0v) is 14.5. The molecule has 1 unspecified atom stereocenters. The summed E-state index contributed by atoms with van der Waals surface area (Å²) in [6, 6.07) is 12.3. The van der Waals surface area contributed by atoms with Crippen LogP contribution in [0.3, 0.4) is 0 Å². The van der Waals surface area contributed by atoms with Crippen LogP contribution in [0.15, 0.2) is 51.7 Å². The van der Waals surface area contributed by atoms with E-state index in [0.717, 1.165) is 0 Å². The SMILES string of the molecule is Cc1cc([N+](=O)[O-])c(C)cc1N=S(=O)(c1ccccc1)C(C)C. The second-order valence-corrected chi connectivity index (χ2v) is 8.44. The standard InChI is InChI=1S/C17H20N2O3S/c1-12(2)23(22,15-8-6-5-7-9-15)18-16-10-14(4)17(19(20)21)11-13(16)3/h5-12H,1-4H3. The molecule has 0 amide bonds. The van der Waals surface area contributed by atoms with Crippen molar-refractivity contribution in [3.8, 4) is 0 Å². The van der Waals surface area contributed by atoms with Gasteiger partial charge in [-0.1, -0.05) is 18.2 Å². The third-order valence-corrected chi connectivity index (χ3v) is 6.36. The number of nitrogens with zero attached hydrogens (tertiary/aromatic N) is 2. The van der Waals surface area contributed by atoms with Crippen molar-refractivity contribution >= 4 is 21.1 Å². The smallest absolute Gasteiger partial charge is 0.258 e. The topological polar surface area (TPSA) is 72.6 Å². The maximum Gasteiger partial charge on any atom is 0.272 e. The molecule has 0 saturated carbocycles. The summed E-state index contributed by atoms with van der Waals surface area (Å²) in [4.78, 5) is 11.3. The predicted octanol–water partition coefficient (Wildman–Crippen LogP) is 4.78. The fourth-order valence-corrected chi connectivity index (χ4v) is 4.17. The van der Waals surface area contributed by atoms with E-state index in [9.17, 15) is 14.3 Å². The van der Waals surface area contributed by atoms with E-state index in [-0.39, 0.29) is 10.9 Å². The Morgan fingerprint density at radius 1 is 1.09 bits per heavy atom. The molecular weight excluding hydrogens is 312 g/mol. The van der Waals surface area contributed by atoms with Crippen molar-refractivity contribution in [2.45, 2.75) is 37.8 Å². The van der Waals surface area contributed by atoms with E-state index in [0.29, 0.717) is 21.7 Å². The van der Waals surface area contributed by atoms with Crippen molar-refractivity contribution in [3.05, 3.63) is 63.7 Å². The minimum Gasteiger partial charge on any atom is -0.258 e. The second-order valence-electron chi connectivity index (χ2n) is 5.70. The van der Waals surface area contributed by atoms with Gasteiger partial charge in [0.2, 0.25) is 0 Å². The van der Waals surface area contributed by atoms with Gasteiger partial charge in [0, 0.05) is 21.8 Å². The molecule has 2 aromatic rings. The largest absolute Gasteiger partial charge is 0.272 e. The summed E-state index contributed by atoms with van der Waals surface area (Å²) in [6.07, 6.45) is 0. The van der Waals surface area contributed by atoms with Gasteiger partial charge in [-0.3, -0.25) is 10.1 Å². The lowest BCUT2D eigenvalue weighted by atomic mass is 10.1. The van der Waals surface area contributed by atoms with Crippen LogP contribution in [0.1, 0.15) is 25.0 Å². The molecule has 1 atom stereocenters. The van der Waals surface area contributed by atoms with Gasteiger partial charge < -0.3 is 0 Å². The highest BCUT2D eigenvalue weighted by Crippen LogP contribution is 2.31. The van der Waals surface area contributed by atoms with Crippen molar-refractivity contribution in [3.63, 3.8) is 0 Å². The van der Waals surface area contributed by atoms with Crippen LogP contribution in [0.2, 0.25) is 0 Å². The lowest BCUT2D eigenvalue weighted by Gasteiger charge is -2.15. The molecule has 0 bridgehead atoms. The molecule has 0 saturated heterocycles. The fourth-order valence-electron chi connectivity index (χ4n) is 2.27. The first kappa shape index (κ1) is 17.1. The average Bonchev–Trinajstić information content (AvgIpc) is 2.50. The van der Waals surface area contributed by atoms with Gasteiger partial charge >= 0.3 is 0 Å². The minimum absolute atomic E-state index is 0.0530. The molecule has 0 N–H and O–H groups in total. The number of rotatable bonds is 4. The molecule has 0 aliphatic rings. The monoisotopic (exact) mass is 332 g/mol. The van der Waals surface area contributed by atoms with Gasteiger partial charge in [-0.05, 0) is 51.5 Å². The summed E-state index contributed by atoms with van der Waals surface area (Å²) in [7, 11) is -2.65. The molecule has 0 fully saturated rings. The van der Waals surface area contributed by atoms with Crippen molar-refractivity contribution in [2.24, 2.45) is 4.36 Å². The first-order valence-corrected chi connectivity index (χ1v) is 8.90. The van der Waals surface area contributed by atoms with Crippen molar-refractivity contribution in [2.75, 3.05) is 0 Å². The van der Waals surface area contributed by atoms with Gasteiger partial charge in [0.25, 0.3) is 5.69 Å². The predicted molar refractivity (Wildman–Crippen MR) is 92.6 cm³/mol. The van der Waals surface area contributed by atoms with Crippen molar-refractivity contribution in [1.29, 1.82) is 0 Å². The number of hydrogen-bond donors (Lipinski definition) is 0. The Morgan fingerprint density at radius 2 is 1.70 bits per heavy atom. The Hall–Kier alpha value is -2.21. The molecule has 0 aromatic heterocycles. The van der Waals surface area contributed by atoms with Crippen LogP contribution < -0.4 is 0 Å². The highest BCUT2D eigenvalue weighted by Gasteiger charge is 2.20. The van der Waals surface area contributed by atoms with Crippen molar-refractivity contribution in [1.82, 2.24) is 0 Å². The molecule has 122 valence electrons. The Morgan fingerprint density at radius 3 is 2.22 bits per heavy atom. The van der Waals surface area contributed by atoms with E-state index in [1.807, 2.05) is 32.0 Å². The maximum atomic E-state index is 13.4. The Bertz CT molecular complexity index is 852. The molecule has 0 aliphatic heterocycles. The zero-order valence-electron chi connectivity index (χ0n) is 13.6. The van der Waals surface area contributed by atoms with E-state index in [2.05, 4.69) is 4.36 Å². The number of hydrogen-bond acceptors (Lipinski definition) is 4. The lowest BCUT2D eigenvalue weighted by Crippen LogP contribution is -2.13. The average molecular weight is 332 g/mol. The van der Waals surface area contributed by atoms with Crippen LogP contribution >= 0.6 is 0 Å². The summed E-state index contributed by atoms with van der Waals surface area (Å²) < 4.78 is 18.0. The molecule has 0 aliphatic carbocycles. The maximum absolute atomic E-state index is 13.4. The molecule has 0 heterocycles. The number of nitro benzene ring substituents is 1. The van der Waals surface area contributed by atoms with Crippen LogP contribution in [0.4, 0.5) is 11.4 Å². The number of aryl methyl sites for hydroxylation is 2. The summed E-state index contributed by atoms with van der Waals surface area (Å²) in [6.45, 7) is 7.14. The summed E-state index contributed by atoms with van der Waals surface area (Å²) in [5.41, 5.74) is 1.75. The summed E-state index contributed by atoms with van der Waals surface area (Å²) in [5, 5.41) is 10.8. The van der Waals surface area contributed by atoms with Gasteiger partial charge in [0.05, 0.1) is 20.3 Å². The highest BCUT2D eigenvalue weighted by atomic mass is 32.2. The minimum atomic E-state index is -2.65. The van der Waals surface area contributed by atoms with Gasteiger partial charge in [-0.15, -0.1) is 0 Å². The van der Waals surface area contributed by atoms with E-state index in [4.69, 9.17) is 0 Å². The molecule has 2 rings (SSSR count). The third-order valence-electron chi connectivity index (χ3n) is 3.67. The van der Waals surface area contributed by atoms with Crippen LogP contribution in [0.5, 0.6) is 0 Å². The van der Waals surface area contributed by atoms with Crippen LogP contribution in [0, 0.1) is 24.0 Å². The summed E-state index contributed by atoms with van der Waals surface area (Å²) in [5.74, 6) is 0. The molecule has 2 aromatic carbocycles. The third kappa shape index (κ3) is 3.42. The Balaban J connectivity index is 2.69. The second kappa shape index (κ2) is 6.50. The van der Waals surface area contributed by atoms with Crippen LogP contribution in [-0.4, -0.2) is 14.4 Å². The molecule has 0 spiro atoms. The van der Waals surface area contributed by atoms with Crippen molar-refractivity contribution < 1.29 is 9.13 Å². The first-order valence-electron chi connectivity index (χ1n) is 7.32. The van der Waals surface area contributed by atoms with Gasteiger partial charge in [-0.2, -0.15) is 4.36 Å².